The molecule has 748 valence electrons. The summed E-state index contributed by atoms with van der Waals surface area (Å²) in [5.41, 5.74) is 33.6. The zero-order valence-electron chi connectivity index (χ0n) is 75.2. The third-order valence-electron chi connectivity index (χ3n) is 21.1. The number of hydrogen-bond donors (Lipinski definition) is 18. The molecule has 0 spiro atoms. The Bertz CT molecular complexity index is 4820. The maximum atomic E-state index is 13.5. The lowest BCUT2D eigenvalue weighted by Crippen LogP contribution is -2.54. The van der Waals surface area contributed by atoms with Gasteiger partial charge in [-0.1, -0.05) is 13.8 Å². The molecule has 3 saturated heterocycles. The summed E-state index contributed by atoms with van der Waals surface area (Å²) in [6.07, 6.45) is 3.52. The number of halogens is 12. The van der Waals surface area contributed by atoms with E-state index in [1.54, 1.807) is 44.9 Å². The summed E-state index contributed by atoms with van der Waals surface area (Å²) < 4.78 is 12.2. The van der Waals surface area contributed by atoms with E-state index in [4.69, 9.17) is 33.4 Å². The average Bonchev–Trinajstić information content (AvgIpc) is 0.858. The SMILES string of the molecule is C=C.CNC(=O)c1c(I)c(NCOC)c(I)c(C(=O)NC(CN)C(=O)N2CCC(C)CC2)c1I.Cc1c(I)c(C(=O)NC(CN)C(=O)N(C)C)c(I)c(C(=O)N(CCO)CCO)c1I.Cc1c(I)c(C(=O)NC(CN)C(=O)N2CCC(C)CC2)c(I)c(C(=O)N(CCO)CCO)c1I.Cc1c(I)c(C(=O)NC(CN=C(N)N)C(=O)N2CCC(O)C2)c(I)c(C(=O)N(CCO)CCO)c1I. The number of carbonyl (C=O) groups is 12. The number of nitrogens with zero attached hydrogens (tertiary/aromatic N) is 8. The number of piperidine rings is 2. The molecule has 51 heteroatoms. The number of aliphatic hydroxyl groups excluding tert-OH is 7. The lowest BCUT2D eigenvalue weighted by molar-refractivity contribution is -0.135. The molecule has 134 heavy (non-hydrogen) atoms. The van der Waals surface area contributed by atoms with Gasteiger partial charge in [0.2, 0.25) is 23.6 Å². The molecule has 5 unspecified atom stereocenters. The first-order valence-electron chi connectivity index (χ1n) is 41.6. The Morgan fingerprint density at radius 1 is 0.425 bits per heavy atom. The van der Waals surface area contributed by atoms with Crippen molar-refractivity contribution in [3.63, 3.8) is 0 Å². The van der Waals surface area contributed by atoms with Crippen LogP contribution in [0.1, 0.15) is 146 Å². The van der Waals surface area contributed by atoms with E-state index in [1.807, 2.05) is 165 Å². The van der Waals surface area contributed by atoms with Crippen LogP contribution in [0.5, 0.6) is 0 Å². The summed E-state index contributed by atoms with van der Waals surface area (Å²) in [7, 11) is 6.24. The Morgan fingerprint density at radius 2 is 0.694 bits per heavy atom. The molecule has 7 rings (SSSR count). The predicted octanol–water partition coefficient (Wildman–Crippen LogP) is 4.13. The van der Waals surface area contributed by atoms with Crippen LogP contribution < -0.4 is 60.6 Å². The van der Waals surface area contributed by atoms with E-state index in [9.17, 15) is 93.3 Å². The number of anilines is 1. The monoisotopic (exact) mass is 3220 g/mol. The molecule has 3 aliphatic heterocycles. The third kappa shape index (κ3) is 34.4. The number of β-amino-alcohol motifs (C(OH)–C–C–N with tert-alkyl or cyclic N) is 1. The molecule has 4 aromatic carbocycles. The Morgan fingerprint density at radius 3 is 0.963 bits per heavy atom. The second-order valence-corrected chi connectivity index (χ2v) is 43.4. The van der Waals surface area contributed by atoms with Gasteiger partial charge >= 0.3 is 0 Å². The van der Waals surface area contributed by atoms with Crippen LogP contribution >= 0.6 is 271 Å². The number of amides is 12. The maximum Gasteiger partial charge on any atom is 0.256 e. The highest BCUT2D eigenvalue weighted by atomic mass is 127. The lowest BCUT2D eigenvalue weighted by atomic mass is 9.98. The van der Waals surface area contributed by atoms with Crippen molar-refractivity contribution in [3.05, 3.63) is 117 Å². The molecule has 5 atom stereocenters. The van der Waals surface area contributed by atoms with E-state index in [0.717, 1.165) is 36.8 Å². The number of hydrogen-bond acceptors (Lipinski definition) is 25. The average molecular weight is 3220 g/mol. The van der Waals surface area contributed by atoms with Crippen molar-refractivity contribution < 1.29 is 98.0 Å². The van der Waals surface area contributed by atoms with Crippen LogP contribution in [0.2, 0.25) is 0 Å². The molecular weight excluding hydrogens is 3110 g/mol. The Labute approximate surface area is 943 Å². The van der Waals surface area contributed by atoms with E-state index >= 15 is 0 Å². The van der Waals surface area contributed by atoms with Gasteiger partial charge in [-0.25, -0.2) is 0 Å². The molecule has 0 radical (unpaired) electrons. The highest BCUT2D eigenvalue weighted by Gasteiger charge is 2.39. The van der Waals surface area contributed by atoms with Gasteiger partial charge in [0.1, 0.15) is 30.9 Å². The van der Waals surface area contributed by atoms with E-state index in [0.29, 0.717) is 133 Å². The number of carbonyl (C=O) groups excluding carboxylic acids is 12. The zero-order chi connectivity index (χ0) is 102. The number of nitrogens with one attached hydrogen (secondary N) is 6. The number of guanidine groups is 1. The topological polar surface area (TPSA) is 593 Å². The third-order valence-corrected chi connectivity index (χ3v) is 35.7. The normalized spacial score (nSPS) is 14.5. The van der Waals surface area contributed by atoms with Crippen molar-refractivity contribution >= 4 is 354 Å². The summed E-state index contributed by atoms with van der Waals surface area (Å²) in [6, 6.07) is -3.67. The quantitative estimate of drug-likeness (QED) is 0.0100. The molecule has 3 aliphatic rings. The number of likely N-dealkylation sites (N-methyl/N-ethyl adjacent to an activating group) is 1. The Balaban J connectivity index is 0.000000458. The summed E-state index contributed by atoms with van der Waals surface area (Å²) in [5.74, 6) is -3.70. The molecule has 39 nitrogen and oxygen atoms in total. The van der Waals surface area contributed by atoms with Crippen molar-refractivity contribution in [2.24, 2.45) is 45.5 Å². The molecular formula is C83H117I12N19O20. The molecule has 3 fully saturated rings. The van der Waals surface area contributed by atoms with Crippen LogP contribution in [0.15, 0.2) is 18.2 Å². The number of rotatable bonds is 36. The first-order valence-corrected chi connectivity index (χ1v) is 54.5. The fourth-order valence-corrected chi connectivity index (χ4v) is 30.4. The van der Waals surface area contributed by atoms with Gasteiger partial charge in [0.05, 0.1) is 110 Å². The van der Waals surface area contributed by atoms with Gasteiger partial charge in [0, 0.05) is 162 Å². The zero-order valence-corrected chi connectivity index (χ0v) is 101. The number of aliphatic imine (C=N–C) groups is 1. The van der Waals surface area contributed by atoms with E-state index in [-0.39, 0.29) is 176 Å². The minimum Gasteiger partial charge on any atom is -0.395 e. The van der Waals surface area contributed by atoms with Gasteiger partial charge in [0.25, 0.3) is 47.3 Å². The van der Waals surface area contributed by atoms with Gasteiger partial charge < -0.3 is 135 Å². The number of likely N-dealkylation sites (tertiary alicyclic amines) is 3. The molecule has 4 aromatic rings. The van der Waals surface area contributed by atoms with Crippen LogP contribution in [0, 0.1) is 75.4 Å². The summed E-state index contributed by atoms with van der Waals surface area (Å²) in [4.78, 5) is 171. The fourth-order valence-electron chi connectivity index (χ4n) is 13.5. The molecule has 3 heterocycles. The summed E-state index contributed by atoms with van der Waals surface area (Å²) in [6.45, 7) is 17.5. The van der Waals surface area contributed by atoms with Gasteiger partial charge in [-0.3, -0.25) is 62.5 Å². The minimum absolute atomic E-state index is 0.00869. The van der Waals surface area contributed by atoms with E-state index < -0.39 is 65.7 Å². The number of nitrogens with two attached hydrogens (primary N) is 5. The largest absolute Gasteiger partial charge is 0.395 e. The Kier molecular flexibility index (Phi) is 59.2. The molecule has 12 amide bonds. The van der Waals surface area contributed by atoms with Crippen LogP contribution in [-0.2, 0) is 23.9 Å². The molecule has 23 N–H and O–H groups in total. The van der Waals surface area contributed by atoms with Crippen molar-refractivity contribution in [2.45, 2.75) is 97.0 Å². The van der Waals surface area contributed by atoms with Crippen LogP contribution in [0.4, 0.5) is 5.69 Å². The molecule has 0 saturated carbocycles. The summed E-state index contributed by atoms with van der Waals surface area (Å²) >= 11 is 24.4. The molecule has 0 bridgehead atoms. The lowest BCUT2D eigenvalue weighted by Gasteiger charge is -2.33. The highest BCUT2D eigenvalue weighted by Crippen LogP contribution is 2.39. The highest BCUT2D eigenvalue weighted by molar-refractivity contribution is 14.1. The first kappa shape index (κ1) is 126. The van der Waals surface area contributed by atoms with Crippen LogP contribution in [-0.4, -0.2) is 357 Å². The van der Waals surface area contributed by atoms with Crippen molar-refractivity contribution in [1.29, 1.82) is 0 Å². The maximum absolute atomic E-state index is 13.5. The van der Waals surface area contributed by atoms with Crippen LogP contribution in [0.25, 0.3) is 0 Å². The minimum atomic E-state index is -1.09. The van der Waals surface area contributed by atoms with Crippen molar-refractivity contribution in [1.82, 2.24) is 60.9 Å². The molecule has 0 aromatic heterocycles. The Hall–Kier alpha value is -2.35. The predicted molar refractivity (Wildman–Crippen MR) is 612 cm³/mol. The van der Waals surface area contributed by atoms with Gasteiger partial charge in [0.15, 0.2) is 5.96 Å². The second-order valence-electron chi connectivity index (χ2n) is 30.5. The first-order chi connectivity index (χ1) is 63.2. The van der Waals surface area contributed by atoms with E-state index in [2.05, 4.69) is 177 Å². The van der Waals surface area contributed by atoms with Gasteiger partial charge in [-0.15, -0.1) is 13.2 Å². The number of benzene rings is 4. The van der Waals surface area contributed by atoms with Gasteiger partial charge in [-0.2, -0.15) is 0 Å². The number of ether oxygens (including phenoxy) is 1. The molecule has 0 aliphatic carbocycles. The van der Waals surface area contributed by atoms with Gasteiger partial charge in [-0.05, 0) is 352 Å². The van der Waals surface area contributed by atoms with E-state index in [1.165, 1.54) is 31.5 Å². The standard InChI is InChI=1S/C22H31I3N4O5.C21H29I3N6O6.C20H28I3N5O4.C18H25I3N4O5.C2H4/c1-12-3-5-28(6-4-12)21(33)14(11-26)27-20(32)15-17(23)13(2)18(24)16(19(15)25)22(34)29(7-9-30)8-10-31;1-10-15(22)13(17(24)14(16(10)23)20(36)29(4-6-31)5-7-32)18(34)28-12(8-27-21(25)26)19(35)30-3-2-11(33)9-30;1-10-4-6-28(7-5-10)20(31)11(8-24)27-19(30)13-14(21)12(18(29)25-2)15(22)17(16(13)23)26-9-32-3;1-9-13(19)11(16(28)23-10(8-22)17(29)24(2)3)15(21)12(14(9)20)18(30)25(4-6-26)5-7-27;1-2/h12,14,30-31H,3-11,26H2,1-2H3,(H,27,32);11-12,31-33H,2-9H2,1H3,(H,28,34)(H4,25,26,27);10-11,26H,4-9,24H2,1-3H3,(H,25,29)(H,27,30);10,26-27H,4-8,22H2,1-3H3,(H,23,28);1-2H2. The summed E-state index contributed by atoms with van der Waals surface area (Å²) in [5, 5.41) is 82.5. The number of methoxy groups -OCH3 is 1. The second kappa shape index (κ2) is 63.0. The van der Waals surface area contributed by atoms with Crippen molar-refractivity contribution in [3.8, 4) is 0 Å². The smallest absolute Gasteiger partial charge is 0.256 e. The number of aliphatic hydroxyl groups is 7. The van der Waals surface area contributed by atoms with Crippen LogP contribution in [0.3, 0.4) is 0 Å². The fraction of sp³-hybridized carbons (Fsp3) is 0.530. The van der Waals surface area contributed by atoms with Crippen molar-refractivity contribution in [2.75, 3.05) is 185 Å².